The Kier molecular flexibility index (Phi) is 4.32. The fourth-order valence-corrected chi connectivity index (χ4v) is 1.88. The van der Waals surface area contributed by atoms with Crippen molar-refractivity contribution in [2.24, 2.45) is 0 Å². The SMILES string of the molecule is Fc1cc(CNc2ccc(C(F)(F)F)cc2)ccc1Br. The van der Waals surface area contributed by atoms with E-state index in [1.807, 2.05) is 0 Å². The topological polar surface area (TPSA) is 12.0 Å². The number of anilines is 1. The normalized spacial score (nSPS) is 11.4. The number of halogens is 5. The summed E-state index contributed by atoms with van der Waals surface area (Å²) in [5.41, 5.74) is 0.546. The second kappa shape index (κ2) is 5.83. The zero-order chi connectivity index (χ0) is 14.8. The minimum absolute atomic E-state index is 0.329. The summed E-state index contributed by atoms with van der Waals surface area (Å²) in [4.78, 5) is 0. The zero-order valence-electron chi connectivity index (χ0n) is 10.1. The predicted molar refractivity (Wildman–Crippen MR) is 72.9 cm³/mol. The molecule has 0 aliphatic heterocycles. The lowest BCUT2D eigenvalue weighted by Gasteiger charge is -2.10. The highest BCUT2D eigenvalue weighted by atomic mass is 79.9. The van der Waals surface area contributed by atoms with Crippen LogP contribution in [0.5, 0.6) is 0 Å². The van der Waals surface area contributed by atoms with Crippen molar-refractivity contribution in [1.29, 1.82) is 0 Å². The van der Waals surface area contributed by atoms with E-state index in [4.69, 9.17) is 0 Å². The molecule has 0 saturated carbocycles. The molecule has 0 aliphatic rings. The third-order valence-corrected chi connectivity index (χ3v) is 3.34. The Morgan fingerprint density at radius 3 is 2.20 bits per heavy atom. The van der Waals surface area contributed by atoms with Gasteiger partial charge in [-0.25, -0.2) is 4.39 Å². The zero-order valence-corrected chi connectivity index (χ0v) is 11.7. The van der Waals surface area contributed by atoms with Gasteiger partial charge in [0.25, 0.3) is 0 Å². The van der Waals surface area contributed by atoms with Crippen LogP contribution >= 0.6 is 15.9 Å². The number of hydrogen-bond donors (Lipinski definition) is 1. The van der Waals surface area contributed by atoms with Crippen LogP contribution in [0.25, 0.3) is 0 Å². The van der Waals surface area contributed by atoms with Gasteiger partial charge < -0.3 is 5.32 Å². The Labute approximate surface area is 121 Å². The first kappa shape index (κ1) is 14.8. The van der Waals surface area contributed by atoms with Gasteiger partial charge in [-0.2, -0.15) is 13.2 Å². The summed E-state index contributed by atoms with van der Waals surface area (Å²) in [6.45, 7) is 0.329. The van der Waals surface area contributed by atoms with E-state index >= 15 is 0 Å². The van der Waals surface area contributed by atoms with Crippen LogP contribution in [0.2, 0.25) is 0 Å². The van der Waals surface area contributed by atoms with Crippen LogP contribution in [-0.2, 0) is 12.7 Å². The molecule has 0 amide bonds. The largest absolute Gasteiger partial charge is 0.416 e. The van der Waals surface area contributed by atoms with E-state index in [0.717, 1.165) is 12.1 Å². The summed E-state index contributed by atoms with van der Waals surface area (Å²) in [5.74, 6) is -0.378. The Balaban J connectivity index is 2.02. The van der Waals surface area contributed by atoms with Crippen molar-refractivity contribution in [2.75, 3.05) is 5.32 Å². The quantitative estimate of drug-likeness (QED) is 0.750. The molecule has 0 spiro atoms. The average Bonchev–Trinajstić information content (AvgIpc) is 2.40. The molecule has 2 rings (SSSR count). The van der Waals surface area contributed by atoms with Gasteiger partial charge in [-0.05, 0) is 57.9 Å². The lowest BCUT2D eigenvalue weighted by Crippen LogP contribution is -2.05. The van der Waals surface area contributed by atoms with Gasteiger partial charge in [-0.15, -0.1) is 0 Å². The summed E-state index contributed by atoms with van der Waals surface area (Å²) >= 11 is 3.05. The van der Waals surface area contributed by atoms with Crippen molar-refractivity contribution in [3.8, 4) is 0 Å². The van der Waals surface area contributed by atoms with E-state index in [1.165, 1.54) is 18.2 Å². The van der Waals surface area contributed by atoms with E-state index < -0.39 is 11.7 Å². The van der Waals surface area contributed by atoms with Crippen LogP contribution in [0.1, 0.15) is 11.1 Å². The summed E-state index contributed by atoms with van der Waals surface area (Å²) < 4.78 is 50.8. The van der Waals surface area contributed by atoms with Crippen LogP contribution in [0, 0.1) is 5.82 Å². The highest BCUT2D eigenvalue weighted by Crippen LogP contribution is 2.29. The van der Waals surface area contributed by atoms with Gasteiger partial charge in [0.1, 0.15) is 5.82 Å². The number of hydrogen-bond acceptors (Lipinski definition) is 1. The van der Waals surface area contributed by atoms with Gasteiger partial charge in [0.15, 0.2) is 0 Å². The molecule has 0 heterocycles. The summed E-state index contributed by atoms with van der Waals surface area (Å²) in [6, 6.07) is 9.37. The Morgan fingerprint density at radius 2 is 1.65 bits per heavy atom. The van der Waals surface area contributed by atoms with Gasteiger partial charge in [0.05, 0.1) is 10.0 Å². The molecule has 0 atom stereocenters. The van der Waals surface area contributed by atoms with Crippen molar-refractivity contribution in [1.82, 2.24) is 0 Å². The molecule has 0 fully saturated rings. The second-order valence-corrected chi connectivity index (χ2v) is 5.03. The van der Waals surface area contributed by atoms with Crippen molar-refractivity contribution in [3.05, 3.63) is 63.9 Å². The van der Waals surface area contributed by atoms with Gasteiger partial charge >= 0.3 is 6.18 Å². The molecule has 106 valence electrons. The molecule has 0 saturated heterocycles. The summed E-state index contributed by atoms with van der Waals surface area (Å²) in [7, 11) is 0. The first-order chi connectivity index (χ1) is 9.36. The van der Waals surface area contributed by atoms with Gasteiger partial charge in [0, 0.05) is 12.2 Å². The smallest absolute Gasteiger partial charge is 0.381 e. The maximum atomic E-state index is 13.3. The van der Waals surface area contributed by atoms with E-state index in [9.17, 15) is 17.6 Å². The highest BCUT2D eigenvalue weighted by Gasteiger charge is 2.29. The third kappa shape index (κ3) is 3.72. The molecule has 6 heteroatoms. The molecule has 20 heavy (non-hydrogen) atoms. The van der Waals surface area contributed by atoms with Crippen molar-refractivity contribution < 1.29 is 17.6 Å². The molecular weight excluding hydrogens is 338 g/mol. The van der Waals surface area contributed by atoms with Crippen molar-refractivity contribution >= 4 is 21.6 Å². The highest BCUT2D eigenvalue weighted by molar-refractivity contribution is 9.10. The molecule has 0 radical (unpaired) electrons. The van der Waals surface area contributed by atoms with E-state index in [2.05, 4.69) is 21.2 Å². The van der Waals surface area contributed by atoms with Crippen molar-refractivity contribution in [2.45, 2.75) is 12.7 Å². The molecule has 2 aromatic carbocycles. The number of nitrogens with one attached hydrogen (secondary N) is 1. The number of alkyl halides is 3. The molecule has 2 aromatic rings. The maximum Gasteiger partial charge on any atom is 0.416 e. The monoisotopic (exact) mass is 347 g/mol. The fourth-order valence-electron chi connectivity index (χ4n) is 1.63. The second-order valence-electron chi connectivity index (χ2n) is 4.18. The first-order valence-electron chi connectivity index (χ1n) is 5.71. The molecule has 0 unspecified atom stereocenters. The molecule has 0 aliphatic carbocycles. The standard InChI is InChI=1S/C14H10BrF4N/c15-12-6-1-9(7-13(12)16)8-20-11-4-2-10(3-5-11)14(17,18)19/h1-7,20H,8H2. The van der Waals surface area contributed by atoms with Crippen LogP contribution in [0.3, 0.4) is 0 Å². The molecule has 1 N–H and O–H groups in total. The maximum absolute atomic E-state index is 13.3. The lowest BCUT2D eigenvalue weighted by molar-refractivity contribution is -0.137. The van der Waals surface area contributed by atoms with Gasteiger partial charge in [0.2, 0.25) is 0 Å². The predicted octanol–water partition coefficient (Wildman–Crippen LogP) is 5.22. The minimum Gasteiger partial charge on any atom is -0.381 e. The molecule has 1 nitrogen and oxygen atoms in total. The minimum atomic E-state index is -4.34. The van der Waals surface area contributed by atoms with Crippen molar-refractivity contribution in [3.63, 3.8) is 0 Å². The Hall–Kier alpha value is -1.56. The lowest BCUT2D eigenvalue weighted by atomic mass is 10.2. The van der Waals surface area contributed by atoms with Crippen LogP contribution < -0.4 is 5.32 Å². The van der Waals surface area contributed by atoms with Gasteiger partial charge in [-0.3, -0.25) is 0 Å². The third-order valence-electron chi connectivity index (χ3n) is 2.69. The first-order valence-corrected chi connectivity index (χ1v) is 6.50. The van der Waals surface area contributed by atoms with E-state index in [0.29, 0.717) is 22.3 Å². The number of benzene rings is 2. The Morgan fingerprint density at radius 1 is 1.00 bits per heavy atom. The molecule has 0 bridgehead atoms. The van der Waals surface area contributed by atoms with Crippen LogP contribution in [0.15, 0.2) is 46.9 Å². The summed E-state index contributed by atoms with van der Waals surface area (Å²) in [6.07, 6.45) is -4.34. The average molecular weight is 348 g/mol. The molecule has 0 aromatic heterocycles. The fraction of sp³-hybridized carbons (Fsp3) is 0.143. The van der Waals surface area contributed by atoms with E-state index in [1.54, 1.807) is 12.1 Å². The van der Waals surface area contributed by atoms with E-state index in [-0.39, 0.29) is 5.82 Å². The number of rotatable bonds is 3. The Bertz CT molecular complexity index is 593. The molecular formula is C14H10BrF4N. The summed E-state index contributed by atoms with van der Waals surface area (Å²) in [5, 5.41) is 2.94. The van der Waals surface area contributed by atoms with Crippen LogP contribution in [-0.4, -0.2) is 0 Å². The van der Waals surface area contributed by atoms with Crippen LogP contribution in [0.4, 0.5) is 23.2 Å². The van der Waals surface area contributed by atoms with Gasteiger partial charge in [-0.1, -0.05) is 6.07 Å².